The molecule has 2 aromatic rings. The lowest BCUT2D eigenvalue weighted by atomic mass is 10.1. The van der Waals surface area contributed by atoms with Crippen LogP contribution in [-0.2, 0) is 9.53 Å². The molecule has 25 heavy (non-hydrogen) atoms. The number of nitrogens with zero attached hydrogens (tertiary/aromatic N) is 3. The van der Waals surface area contributed by atoms with Crippen LogP contribution in [0.3, 0.4) is 0 Å². The highest BCUT2D eigenvalue weighted by molar-refractivity contribution is 5.83. The molecule has 7 heteroatoms. The molecule has 1 aliphatic carbocycles. The summed E-state index contributed by atoms with van der Waals surface area (Å²) in [5.41, 5.74) is 0.619. The molecule has 2 aliphatic rings. The van der Waals surface area contributed by atoms with Gasteiger partial charge in [0.25, 0.3) is 0 Å². The maximum absolute atomic E-state index is 14.0. The molecule has 1 aromatic carbocycles. The van der Waals surface area contributed by atoms with Crippen molar-refractivity contribution in [1.82, 2.24) is 15.0 Å². The van der Waals surface area contributed by atoms with Gasteiger partial charge in [-0.15, -0.1) is 0 Å². The number of hydrogen-bond acceptors (Lipinski definition) is 5. The van der Waals surface area contributed by atoms with Gasteiger partial charge in [-0.25, -0.2) is 4.39 Å². The van der Waals surface area contributed by atoms with E-state index in [1.54, 1.807) is 37.1 Å². The maximum Gasteiger partial charge on any atom is 0.249 e. The number of aryl methyl sites for hydroxylation is 1. The highest BCUT2D eigenvalue weighted by Crippen LogP contribution is 2.50. The zero-order valence-electron chi connectivity index (χ0n) is 14.2. The quantitative estimate of drug-likeness (QED) is 0.852. The summed E-state index contributed by atoms with van der Waals surface area (Å²) in [4.78, 5) is 19.0. The standard InChI is InChI=1S/C18H20FN3O3/c1-10-20-17(25-21-10)16-7-11(24-2)9-22(16)18(23)14-8-13(14)12-5-3-4-6-15(12)19/h3-6,11,13-14,16H,7-9H2,1-2H3/t11-,13+,14+,16+/m0/s1. The van der Waals surface area contributed by atoms with E-state index in [9.17, 15) is 9.18 Å². The van der Waals surface area contributed by atoms with Crippen molar-refractivity contribution < 1.29 is 18.4 Å². The Kier molecular flexibility index (Phi) is 4.03. The topological polar surface area (TPSA) is 68.5 Å². The van der Waals surface area contributed by atoms with Crippen molar-refractivity contribution in [3.05, 3.63) is 47.4 Å². The molecule has 4 atom stereocenters. The van der Waals surface area contributed by atoms with Gasteiger partial charge in [-0.1, -0.05) is 23.4 Å². The number of aromatic nitrogens is 2. The second-order valence-corrected chi connectivity index (χ2v) is 6.75. The number of ether oxygens (including phenoxy) is 1. The SMILES string of the molecule is CO[C@H]1C[C@H](c2nc(C)no2)N(C(=O)[C@@H]2C[C@@H]2c2ccccc2F)C1. The van der Waals surface area contributed by atoms with Gasteiger partial charge >= 0.3 is 0 Å². The Morgan fingerprint density at radius 3 is 2.84 bits per heavy atom. The van der Waals surface area contributed by atoms with E-state index < -0.39 is 0 Å². The van der Waals surface area contributed by atoms with Crippen molar-refractivity contribution >= 4 is 5.91 Å². The number of methoxy groups -OCH3 is 1. The van der Waals surface area contributed by atoms with Gasteiger partial charge in [-0.3, -0.25) is 4.79 Å². The molecular formula is C18H20FN3O3. The molecule has 1 saturated heterocycles. The Hall–Kier alpha value is -2.28. The molecule has 1 saturated carbocycles. The van der Waals surface area contributed by atoms with E-state index in [2.05, 4.69) is 10.1 Å². The van der Waals surface area contributed by atoms with Crippen LogP contribution in [0.25, 0.3) is 0 Å². The monoisotopic (exact) mass is 345 g/mol. The lowest BCUT2D eigenvalue weighted by molar-refractivity contribution is -0.134. The first-order valence-corrected chi connectivity index (χ1v) is 8.46. The predicted molar refractivity (Wildman–Crippen MR) is 86.2 cm³/mol. The predicted octanol–water partition coefficient (Wildman–Crippen LogP) is 2.61. The van der Waals surface area contributed by atoms with Gasteiger partial charge in [0.1, 0.15) is 11.9 Å². The third-order valence-electron chi connectivity index (χ3n) is 5.12. The molecule has 0 radical (unpaired) electrons. The van der Waals surface area contributed by atoms with Crippen molar-refractivity contribution in [2.45, 2.75) is 37.8 Å². The number of hydrogen-bond donors (Lipinski definition) is 0. The molecule has 0 bridgehead atoms. The Balaban J connectivity index is 1.53. The molecule has 2 heterocycles. The summed E-state index contributed by atoms with van der Waals surface area (Å²) in [7, 11) is 1.63. The minimum atomic E-state index is -0.277. The van der Waals surface area contributed by atoms with Crippen LogP contribution in [0.5, 0.6) is 0 Å². The molecule has 6 nitrogen and oxygen atoms in total. The summed E-state index contributed by atoms with van der Waals surface area (Å²) in [6.45, 7) is 2.24. The molecule has 1 amide bonds. The third kappa shape index (κ3) is 2.93. The van der Waals surface area contributed by atoms with Crippen molar-refractivity contribution in [1.29, 1.82) is 0 Å². The smallest absolute Gasteiger partial charge is 0.249 e. The van der Waals surface area contributed by atoms with Gasteiger partial charge in [0.15, 0.2) is 5.82 Å². The van der Waals surface area contributed by atoms with Crippen LogP contribution in [0.4, 0.5) is 4.39 Å². The van der Waals surface area contributed by atoms with Crippen LogP contribution in [0.2, 0.25) is 0 Å². The van der Waals surface area contributed by atoms with Gasteiger partial charge in [-0.2, -0.15) is 4.98 Å². The molecule has 1 aliphatic heterocycles. The molecule has 0 N–H and O–H groups in total. The maximum atomic E-state index is 14.0. The summed E-state index contributed by atoms with van der Waals surface area (Å²) in [5, 5.41) is 3.83. The zero-order chi connectivity index (χ0) is 17.6. The fraction of sp³-hybridized carbons (Fsp3) is 0.500. The first-order valence-electron chi connectivity index (χ1n) is 8.46. The fourth-order valence-corrected chi connectivity index (χ4v) is 3.69. The number of benzene rings is 1. The van der Waals surface area contributed by atoms with Crippen LogP contribution < -0.4 is 0 Å². The van der Waals surface area contributed by atoms with Gasteiger partial charge < -0.3 is 14.2 Å². The summed E-state index contributed by atoms with van der Waals surface area (Å²) < 4.78 is 24.7. The number of rotatable bonds is 4. The van der Waals surface area contributed by atoms with Crippen molar-refractivity contribution in [2.24, 2.45) is 5.92 Å². The van der Waals surface area contributed by atoms with E-state index in [0.29, 0.717) is 36.7 Å². The second-order valence-electron chi connectivity index (χ2n) is 6.75. The largest absolute Gasteiger partial charge is 0.380 e. The number of likely N-dealkylation sites (tertiary alicyclic amines) is 1. The lowest BCUT2D eigenvalue weighted by Gasteiger charge is -2.22. The Morgan fingerprint density at radius 1 is 1.36 bits per heavy atom. The van der Waals surface area contributed by atoms with Gasteiger partial charge in [0.2, 0.25) is 11.8 Å². The summed E-state index contributed by atoms with van der Waals surface area (Å²) in [6.07, 6.45) is 1.23. The van der Waals surface area contributed by atoms with Crippen LogP contribution in [0.15, 0.2) is 28.8 Å². The summed E-state index contributed by atoms with van der Waals surface area (Å²) in [6, 6.07) is 6.39. The van der Waals surface area contributed by atoms with E-state index in [-0.39, 0.29) is 35.7 Å². The van der Waals surface area contributed by atoms with E-state index in [4.69, 9.17) is 9.26 Å². The first kappa shape index (κ1) is 16.2. The molecule has 132 valence electrons. The van der Waals surface area contributed by atoms with Gasteiger partial charge in [-0.05, 0) is 30.9 Å². The molecule has 1 aromatic heterocycles. The van der Waals surface area contributed by atoms with Crippen LogP contribution in [-0.4, -0.2) is 40.7 Å². The van der Waals surface area contributed by atoms with Crippen molar-refractivity contribution in [3.8, 4) is 0 Å². The van der Waals surface area contributed by atoms with Gasteiger partial charge in [0.05, 0.1) is 6.10 Å². The second kappa shape index (κ2) is 6.22. The summed E-state index contributed by atoms with van der Waals surface area (Å²) >= 11 is 0. The van der Waals surface area contributed by atoms with Crippen molar-refractivity contribution in [2.75, 3.05) is 13.7 Å². The fourth-order valence-electron chi connectivity index (χ4n) is 3.69. The lowest BCUT2D eigenvalue weighted by Crippen LogP contribution is -2.33. The van der Waals surface area contributed by atoms with Crippen molar-refractivity contribution in [3.63, 3.8) is 0 Å². The van der Waals surface area contributed by atoms with Crippen LogP contribution in [0, 0.1) is 18.7 Å². The number of amides is 1. The third-order valence-corrected chi connectivity index (χ3v) is 5.12. The highest BCUT2D eigenvalue weighted by Gasteiger charge is 2.50. The summed E-state index contributed by atoms with van der Waals surface area (Å²) in [5.74, 6) is 0.489. The average molecular weight is 345 g/mol. The van der Waals surface area contributed by atoms with E-state index >= 15 is 0 Å². The molecule has 0 spiro atoms. The minimum absolute atomic E-state index is 0.00801. The van der Waals surface area contributed by atoms with E-state index in [1.165, 1.54) is 6.07 Å². The normalized spacial score (nSPS) is 28.4. The highest BCUT2D eigenvalue weighted by atomic mass is 19.1. The number of carbonyl (C=O) groups is 1. The van der Waals surface area contributed by atoms with Gasteiger partial charge in [0, 0.05) is 26.0 Å². The molecular weight excluding hydrogens is 325 g/mol. The number of carbonyl (C=O) groups excluding carboxylic acids is 1. The Bertz CT molecular complexity index is 793. The molecule has 2 fully saturated rings. The minimum Gasteiger partial charge on any atom is -0.380 e. The average Bonchev–Trinajstić information content (AvgIpc) is 3.08. The van der Waals surface area contributed by atoms with E-state index in [1.807, 2.05) is 0 Å². The molecule has 4 rings (SSSR count). The Morgan fingerprint density at radius 2 is 2.16 bits per heavy atom. The van der Waals surface area contributed by atoms with Crippen LogP contribution in [0.1, 0.15) is 42.1 Å². The van der Waals surface area contributed by atoms with Crippen LogP contribution >= 0.6 is 0 Å². The number of halogens is 1. The zero-order valence-corrected chi connectivity index (χ0v) is 14.2. The molecule has 0 unspecified atom stereocenters. The van der Waals surface area contributed by atoms with E-state index in [0.717, 1.165) is 0 Å². The first-order chi connectivity index (χ1) is 12.1. The Labute approximate surface area is 145 Å².